The van der Waals surface area contributed by atoms with E-state index in [2.05, 4.69) is 6.58 Å². The summed E-state index contributed by atoms with van der Waals surface area (Å²) in [6.45, 7) is 11.5. The predicted molar refractivity (Wildman–Crippen MR) is 184 cm³/mol. The van der Waals surface area contributed by atoms with Gasteiger partial charge in [0.15, 0.2) is 23.6 Å². The highest BCUT2D eigenvalue weighted by atomic mass is 16.6. The number of esters is 6. The van der Waals surface area contributed by atoms with Gasteiger partial charge < -0.3 is 38.3 Å². The van der Waals surface area contributed by atoms with Crippen LogP contribution in [0.5, 0.6) is 0 Å². The number of carbonyl (C=O) groups excluding carboxylic acids is 7. The largest absolute Gasteiger partial charge is 0.465 e. The molecule has 54 heavy (non-hydrogen) atoms. The van der Waals surface area contributed by atoms with Gasteiger partial charge in [0, 0.05) is 70.8 Å². The molecule has 4 aliphatic rings. The Balaban J connectivity index is 1.84. The minimum absolute atomic E-state index is 0.0470. The highest BCUT2D eigenvalue weighted by molar-refractivity contribution is 5.91. The number of ether oxygens (including phenoxy) is 7. The summed E-state index contributed by atoms with van der Waals surface area (Å²) in [5.74, 6) is -8.51. The highest BCUT2D eigenvalue weighted by Gasteiger charge is 2.83. The topological polar surface area (TPSA) is 204 Å². The van der Waals surface area contributed by atoms with Gasteiger partial charge in [0.1, 0.15) is 30.5 Å². The molecule has 0 unspecified atom stereocenters. The van der Waals surface area contributed by atoms with Gasteiger partial charge in [-0.1, -0.05) is 43.8 Å². The van der Waals surface area contributed by atoms with Crippen molar-refractivity contribution in [2.45, 2.75) is 103 Å². The molecule has 3 saturated carbocycles. The Kier molecular flexibility index (Phi) is 11.0. The fraction of sp³-hybridized carbons (Fsp3) is 0.564. The molecule has 1 saturated heterocycles. The second-order valence-corrected chi connectivity index (χ2v) is 14.8. The lowest BCUT2D eigenvalue weighted by Gasteiger charge is -2.65. The molecule has 15 heteroatoms. The van der Waals surface area contributed by atoms with E-state index in [1.54, 1.807) is 31.2 Å². The standard InChI is InChI=1S/C39H46O15/c1-20-28(54-31(46)15-14-26-12-10-9-11-13-26)17-30(50-22(3)41)38(19-48-21(2)40)32(20)33(51-23(4)42)27-16-29(45)37(8)39(47,36(27,7)18-49-37)35(53-25(6)44)34(38)52-24(5)43/h9-15,27-28,30,32-35,47H,1,16-19H2,2-8H3/b15-14+/t27-,28-,30-,32-,33+,34-,35-,36-,37-,38+,39+/m0/s1. The molecule has 1 aromatic rings. The Labute approximate surface area is 312 Å². The van der Waals surface area contributed by atoms with Crippen LogP contribution in [0.1, 0.15) is 66.9 Å². The zero-order valence-electron chi connectivity index (χ0n) is 31.3. The van der Waals surface area contributed by atoms with Crippen molar-refractivity contribution >= 4 is 47.7 Å². The van der Waals surface area contributed by atoms with Crippen LogP contribution in [0, 0.1) is 22.7 Å². The monoisotopic (exact) mass is 754 g/mol. The average molecular weight is 755 g/mol. The number of hydrogen-bond donors (Lipinski definition) is 1. The molecule has 1 aliphatic heterocycles. The lowest BCUT2D eigenvalue weighted by atomic mass is 9.43. The Hall–Kier alpha value is -4.89. The van der Waals surface area contributed by atoms with Crippen LogP contribution in [0.25, 0.3) is 6.08 Å². The summed E-state index contributed by atoms with van der Waals surface area (Å²) in [4.78, 5) is 92.6. The first-order valence-corrected chi connectivity index (χ1v) is 17.6. The second kappa shape index (κ2) is 14.7. The first kappa shape index (κ1) is 40.3. The summed E-state index contributed by atoms with van der Waals surface area (Å²) in [5.41, 5.74) is -7.51. The normalized spacial score (nSPS) is 36.9. The van der Waals surface area contributed by atoms with Crippen LogP contribution < -0.4 is 0 Å². The van der Waals surface area contributed by atoms with Crippen molar-refractivity contribution in [1.82, 2.24) is 0 Å². The Morgan fingerprint density at radius 1 is 0.852 bits per heavy atom. The van der Waals surface area contributed by atoms with E-state index in [1.165, 1.54) is 19.1 Å². The Morgan fingerprint density at radius 2 is 1.44 bits per heavy atom. The zero-order valence-corrected chi connectivity index (χ0v) is 31.3. The lowest BCUT2D eigenvalue weighted by Crippen LogP contribution is -2.81. The third-order valence-corrected chi connectivity index (χ3v) is 11.6. The third-order valence-electron chi connectivity index (χ3n) is 11.6. The fourth-order valence-electron chi connectivity index (χ4n) is 9.26. The number of rotatable bonds is 9. The van der Waals surface area contributed by atoms with E-state index in [-0.39, 0.29) is 25.0 Å². The molecule has 15 nitrogen and oxygen atoms in total. The predicted octanol–water partition coefficient (Wildman–Crippen LogP) is 2.59. The minimum atomic E-state index is -2.51. The van der Waals surface area contributed by atoms with E-state index in [9.17, 15) is 38.7 Å². The van der Waals surface area contributed by atoms with Gasteiger partial charge in [0.25, 0.3) is 0 Å². The Bertz CT molecular complexity index is 1770. The van der Waals surface area contributed by atoms with E-state index >= 15 is 0 Å². The molecule has 0 radical (unpaired) electrons. The summed E-state index contributed by atoms with van der Waals surface area (Å²) in [7, 11) is 0. The molecule has 0 amide bonds. The van der Waals surface area contributed by atoms with Gasteiger partial charge in [-0.05, 0) is 24.1 Å². The van der Waals surface area contributed by atoms with Crippen molar-refractivity contribution < 1.29 is 71.8 Å². The molecule has 5 rings (SSSR count). The zero-order chi connectivity index (χ0) is 40.0. The minimum Gasteiger partial charge on any atom is -0.465 e. The molecule has 0 aromatic heterocycles. The summed E-state index contributed by atoms with van der Waals surface area (Å²) < 4.78 is 41.8. The van der Waals surface area contributed by atoms with Gasteiger partial charge in [0.2, 0.25) is 0 Å². The summed E-state index contributed by atoms with van der Waals surface area (Å²) in [6.07, 6.45) is -6.20. The van der Waals surface area contributed by atoms with E-state index in [0.717, 1.165) is 34.6 Å². The maximum atomic E-state index is 14.2. The fourth-order valence-corrected chi connectivity index (χ4v) is 9.26. The Morgan fingerprint density at radius 3 is 2.02 bits per heavy atom. The summed E-state index contributed by atoms with van der Waals surface area (Å²) in [6, 6.07) is 8.90. The lowest BCUT2D eigenvalue weighted by molar-refractivity contribution is -0.303. The van der Waals surface area contributed by atoms with E-state index < -0.39 is 113 Å². The molecule has 0 spiro atoms. The molecule has 292 valence electrons. The highest BCUT2D eigenvalue weighted by Crippen LogP contribution is 2.67. The molecule has 4 bridgehead atoms. The molecule has 1 heterocycles. The van der Waals surface area contributed by atoms with Crippen LogP contribution in [0.2, 0.25) is 0 Å². The molecule has 1 aromatic carbocycles. The van der Waals surface area contributed by atoms with Gasteiger partial charge in [-0.25, -0.2) is 4.79 Å². The van der Waals surface area contributed by atoms with Crippen molar-refractivity contribution in [2.75, 3.05) is 13.2 Å². The van der Waals surface area contributed by atoms with Gasteiger partial charge >= 0.3 is 35.8 Å². The van der Waals surface area contributed by atoms with Crippen molar-refractivity contribution in [2.24, 2.45) is 22.7 Å². The molecular weight excluding hydrogens is 708 g/mol. The van der Waals surface area contributed by atoms with Crippen LogP contribution >= 0.6 is 0 Å². The van der Waals surface area contributed by atoms with Crippen molar-refractivity contribution in [1.29, 1.82) is 0 Å². The maximum Gasteiger partial charge on any atom is 0.331 e. The van der Waals surface area contributed by atoms with E-state index in [0.29, 0.717) is 5.56 Å². The quantitative estimate of drug-likeness (QED) is 0.167. The van der Waals surface area contributed by atoms with E-state index in [4.69, 9.17) is 33.2 Å². The SMILES string of the molecule is C=C1[C@@H](OC(=O)/C=C/c2ccccc2)C[C@H](OC(C)=O)[C@@]2(COC(C)=O)[C@@H](OC(C)=O)[C@H](OC(C)=O)[C@]3(O)[C@@]4(C)OC[C@@]3(C)[C@@H](CC4=O)[C@@H](OC(C)=O)[C@H]12. The van der Waals surface area contributed by atoms with Crippen LogP contribution in [0.4, 0.5) is 0 Å². The summed E-state index contributed by atoms with van der Waals surface area (Å²) >= 11 is 0. The number of Topliss-reactive ketones (excluding diaryl/α,β-unsaturated/α-hetero) is 1. The number of aliphatic hydroxyl groups is 1. The van der Waals surface area contributed by atoms with Crippen LogP contribution in [-0.4, -0.2) is 102 Å². The number of fused-ring (bicyclic) bond motifs is 1. The second-order valence-electron chi connectivity index (χ2n) is 14.8. The van der Waals surface area contributed by atoms with Gasteiger partial charge in [-0.2, -0.15) is 0 Å². The first-order valence-electron chi connectivity index (χ1n) is 17.6. The molecule has 1 N–H and O–H groups in total. The maximum absolute atomic E-state index is 14.2. The van der Waals surface area contributed by atoms with Gasteiger partial charge in [-0.3, -0.25) is 28.8 Å². The number of ketones is 1. The van der Waals surface area contributed by atoms with Crippen molar-refractivity contribution in [3.05, 3.63) is 54.1 Å². The number of benzene rings is 1. The first-order chi connectivity index (χ1) is 25.2. The third kappa shape index (κ3) is 6.61. The van der Waals surface area contributed by atoms with Crippen LogP contribution in [-0.2, 0) is 66.7 Å². The van der Waals surface area contributed by atoms with Crippen molar-refractivity contribution in [3.63, 3.8) is 0 Å². The molecule has 11 atom stereocenters. The van der Waals surface area contributed by atoms with Crippen molar-refractivity contribution in [3.8, 4) is 0 Å². The van der Waals surface area contributed by atoms with Gasteiger partial charge in [0.05, 0.1) is 12.0 Å². The summed E-state index contributed by atoms with van der Waals surface area (Å²) in [5, 5.41) is 13.2. The molecule has 3 aliphatic carbocycles. The van der Waals surface area contributed by atoms with Crippen LogP contribution in [0.15, 0.2) is 48.6 Å². The average Bonchev–Trinajstić information content (AvgIpc) is 3.22. The van der Waals surface area contributed by atoms with Gasteiger partial charge in [-0.15, -0.1) is 0 Å². The molecule has 4 fully saturated rings. The van der Waals surface area contributed by atoms with E-state index in [1.807, 2.05) is 6.07 Å². The number of carbonyl (C=O) groups is 7. The number of hydrogen-bond acceptors (Lipinski definition) is 15. The smallest absolute Gasteiger partial charge is 0.331 e. The molecular formula is C39H46O15. The van der Waals surface area contributed by atoms with Crippen LogP contribution in [0.3, 0.4) is 0 Å².